The van der Waals surface area contributed by atoms with Crippen molar-refractivity contribution >= 4 is 23.5 Å². The van der Waals surface area contributed by atoms with Gasteiger partial charge in [0.15, 0.2) is 0 Å². The Morgan fingerprint density at radius 2 is 1.95 bits per heavy atom. The fourth-order valence-corrected chi connectivity index (χ4v) is 7.30. The molecule has 37 heavy (non-hydrogen) atoms. The number of amides is 2. The minimum absolute atomic E-state index is 0.110. The number of carboxylic acid groups (broad SMARTS) is 1. The van der Waals surface area contributed by atoms with Crippen LogP contribution in [0.5, 0.6) is 0 Å². The van der Waals surface area contributed by atoms with Crippen molar-refractivity contribution in [2.45, 2.75) is 77.7 Å². The zero-order chi connectivity index (χ0) is 27.4. The molecule has 2 amide bonds. The van der Waals surface area contributed by atoms with Crippen LogP contribution in [0.2, 0.25) is 0 Å². The molecule has 2 N–H and O–H groups in total. The third kappa shape index (κ3) is 3.75. The molecule has 2 bridgehead atoms. The number of fused-ring (bicyclic) bond motifs is 1. The third-order valence-electron chi connectivity index (χ3n) is 9.38. The standard InChI is InChI=1S/C29H40N2O6/c1-8-13-30(23-17(4)11-10-12-18(23)5)26(34)24-29-14-19(6)28(7,37-29)22(27(35)36)21(29)25(33)31(24)20(15-32)16(3)9-2/h8,10-12,16,19-22,24,32H,1,9,13-15H2,2-7H3,(H,35,36)/t16-,19?,20-,21-,22-,24?,28+,29?/m0/s1. The Morgan fingerprint density at radius 3 is 2.46 bits per heavy atom. The Hall–Kier alpha value is -2.71. The molecule has 4 rings (SSSR count). The van der Waals surface area contributed by atoms with E-state index in [2.05, 4.69) is 6.58 Å². The van der Waals surface area contributed by atoms with E-state index >= 15 is 0 Å². The number of para-hydroxylation sites is 1. The summed E-state index contributed by atoms with van der Waals surface area (Å²) >= 11 is 0. The molecule has 3 saturated heterocycles. The summed E-state index contributed by atoms with van der Waals surface area (Å²) in [5, 5.41) is 20.7. The van der Waals surface area contributed by atoms with Gasteiger partial charge in [-0.2, -0.15) is 0 Å². The number of carbonyl (C=O) groups excluding carboxylic acids is 2. The highest BCUT2D eigenvalue weighted by atomic mass is 16.5. The monoisotopic (exact) mass is 512 g/mol. The Labute approximate surface area is 219 Å². The van der Waals surface area contributed by atoms with Crippen LogP contribution in [-0.4, -0.2) is 69.3 Å². The van der Waals surface area contributed by atoms with Gasteiger partial charge in [-0.05, 0) is 50.2 Å². The summed E-state index contributed by atoms with van der Waals surface area (Å²) in [5.41, 5.74) is 0.194. The number of benzene rings is 1. The van der Waals surface area contributed by atoms with E-state index in [1.165, 1.54) is 4.90 Å². The molecule has 3 heterocycles. The number of aliphatic carboxylic acids is 1. The molecule has 3 aliphatic heterocycles. The fraction of sp³-hybridized carbons (Fsp3) is 0.621. The molecule has 1 aromatic rings. The second kappa shape index (κ2) is 9.55. The molecule has 0 radical (unpaired) electrons. The van der Waals surface area contributed by atoms with E-state index < -0.39 is 47.0 Å². The summed E-state index contributed by atoms with van der Waals surface area (Å²) in [7, 11) is 0. The first-order valence-corrected chi connectivity index (χ1v) is 13.3. The van der Waals surface area contributed by atoms with Gasteiger partial charge in [0.05, 0.1) is 24.2 Å². The van der Waals surface area contributed by atoms with E-state index in [-0.39, 0.29) is 30.9 Å². The number of nitrogens with zero attached hydrogens (tertiary/aromatic N) is 2. The first-order valence-electron chi connectivity index (χ1n) is 13.3. The molecular formula is C29H40N2O6. The molecule has 0 saturated carbocycles. The van der Waals surface area contributed by atoms with Crippen LogP contribution in [0.1, 0.15) is 51.7 Å². The third-order valence-corrected chi connectivity index (χ3v) is 9.38. The number of aryl methyl sites for hydroxylation is 2. The lowest BCUT2D eigenvalue weighted by molar-refractivity contribution is -0.158. The molecule has 3 aliphatic rings. The van der Waals surface area contributed by atoms with E-state index in [9.17, 15) is 24.6 Å². The Morgan fingerprint density at radius 1 is 1.32 bits per heavy atom. The zero-order valence-electron chi connectivity index (χ0n) is 22.7. The number of hydrogen-bond acceptors (Lipinski definition) is 5. The van der Waals surface area contributed by atoms with Gasteiger partial charge in [-0.1, -0.05) is 51.5 Å². The molecule has 8 atom stereocenters. The van der Waals surface area contributed by atoms with Gasteiger partial charge in [0.2, 0.25) is 5.91 Å². The molecule has 3 unspecified atom stereocenters. The van der Waals surface area contributed by atoms with Gasteiger partial charge < -0.3 is 24.7 Å². The molecule has 202 valence electrons. The topological polar surface area (TPSA) is 107 Å². The van der Waals surface area contributed by atoms with Crippen molar-refractivity contribution in [3.63, 3.8) is 0 Å². The number of hydrogen-bond donors (Lipinski definition) is 2. The number of likely N-dealkylation sites (tertiary alicyclic amines) is 1. The highest BCUT2D eigenvalue weighted by Gasteiger charge is 2.80. The molecule has 3 fully saturated rings. The number of carboxylic acids is 1. The first kappa shape index (κ1) is 27.3. The van der Waals surface area contributed by atoms with Gasteiger partial charge in [-0.25, -0.2) is 0 Å². The Balaban J connectivity index is 1.94. The van der Waals surface area contributed by atoms with Gasteiger partial charge in [0.25, 0.3) is 5.91 Å². The van der Waals surface area contributed by atoms with Crippen LogP contribution in [0.15, 0.2) is 30.9 Å². The zero-order valence-corrected chi connectivity index (χ0v) is 22.7. The molecule has 0 aromatic heterocycles. The summed E-state index contributed by atoms with van der Waals surface area (Å²) in [5.74, 6) is -4.20. The van der Waals surface area contributed by atoms with E-state index in [0.29, 0.717) is 12.8 Å². The predicted octanol–water partition coefficient (Wildman–Crippen LogP) is 3.32. The highest BCUT2D eigenvalue weighted by Crippen LogP contribution is 2.65. The number of carbonyl (C=O) groups is 3. The second-order valence-electron chi connectivity index (χ2n) is 11.4. The smallest absolute Gasteiger partial charge is 0.310 e. The summed E-state index contributed by atoms with van der Waals surface area (Å²) in [6.07, 6.45) is 2.72. The number of aliphatic hydroxyl groups excluding tert-OH is 1. The van der Waals surface area contributed by atoms with Gasteiger partial charge in [0, 0.05) is 12.2 Å². The molecule has 1 aromatic carbocycles. The van der Waals surface area contributed by atoms with Gasteiger partial charge in [0.1, 0.15) is 17.6 Å². The van der Waals surface area contributed by atoms with Gasteiger partial charge >= 0.3 is 5.97 Å². The normalized spacial score (nSPS) is 33.8. The maximum absolute atomic E-state index is 14.7. The minimum atomic E-state index is -1.29. The van der Waals surface area contributed by atoms with Crippen molar-refractivity contribution in [2.24, 2.45) is 23.7 Å². The summed E-state index contributed by atoms with van der Waals surface area (Å²) in [4.78, 5) is 44.6. The average molecular weight is 513 g/mol. The van der Waals surface area contributed by atoms with Crippen molar-refractivity contribution in [1.82, 2.24) is 4.90 Å². The largest absolute Gasteiger partial charge is 0.481 e. The average Bonchev–Trinajstić information content (AvgIpc) is 3.35. The van der Waals surface area contributed by atoms with Gasteiger partial charge in [-0.3, -0.25) is 14.4 Å². The Kier molecular flexibility index (Phi) is 7.05. The second-order valence-corrected chi connectivity index (χ2v) is 11.4. The molecule has 8 nitrogen and oxygen atoms in total. The van der Waals surface area contributed by atoms with Crippen LogP contribution in [0.4, 0.5) is 5.69 Å². The van der Waals surface area contributed by atoms with Crippen LogP contribution >= 0.6 is 0 Å². The summed E-state index contributed by atoms with van der Waals surface area (Å²) < 4.78 is 6.63. The maximum atomic E-state index is 14.7. The number of anilines is 1. The van der Waals surface area contributed by atoms with E-state index in [1.54, 1.807) is 17.9 Å². The maximum Gasteiger partial charge on any atom is 0.310 e. The van der Waals surface area contributed by atoms with Crippen molar-refractivity contribution < 1.29 is 29.3 Å². The van der Waals surface area contributed by atoms with Crippen molar-refractivity contribution in [2.75, 3.05) is 18.1 Å². The van der Waals surface area contributed by atoms with Crippen LogP contribution in [-0.2, 0) is 19.1 Å². The van der Waals surface area contributed by atoms with E-state index in [0.717, 1.165) is 16.8 Å². The number of rotatable bonds is 9. The summed E-state index contributed by atoms with van der Waals surface area (Å²) in [6.45, 7) is 15.2. The lowest BCUT2D eigenvalue weighted by Gasteiger charge is -2.41. The van der Waals surface area contributed by atoms with Crippen LogP contribution in [0.25, 0.3) is 0 Å². The van der Waals surface area contributed by atoms with Crippen molar-refractivity contribution in [1.29, 1.82) is 0 Å². The van der Waals surface area contributed by atoms with E-state index in [1.807, 2.05) is 52.8 Å². The molecule has 1 spiro atoms. The minimum Gasteiger partial charge on any atom is -0.481 e. The molecule has 0 aliphatic carbocycles. The van der Waals surface area contributed by atoms with Crippen LogP contribution in [0, 0.1) is 37.5 Å². The summed E-state index contributed by atoms with van der Waals surface area (Å²) in [6, 6.07) is 4.08. The lowest BCUT2D eigenvalue weighted by atomic mass is 9.62. The van der Waals surface area contributed by atoms with Crippen molar-refractivity contribution in [3.05, 3.63) is 42.0 Å². The lowest BCUT2D eigenvalue weighted by Crippen LogP contribution is -2.60. The SMILES string of the molecule is C=CCN(C(=O)C1N([C@@H](CO)[C@@H](C)CC)C(=O)[C@@H]2[C@@H](C(=O)O)[C@]3(C)OC12CC3C)c1c(C)cccc1C. The molecular weight excluding hydrogens is 472 g/mol. The number of ether oxygens (including phenoxy) is 1. The first-order chi connectivity index (χ1) is 17.4. The molecule has 8 heteroatoms. The quantitative estimate of drug-likeness (QED) is 0.492. The van der Waals surface area contributed by atoms with Crippen LogP contribution < -0.4 is 4.90 Å². The predicted molar refractivity (Wildman–Crippen MR) is 140 cm³/mol. The fourth-order valence-electron chi connectivity index (χ4n) is 7.30. The van der Waals surface area contributed by atoms with Gasteiger partial charge in [-0.15, -0.1) is 6.58 Å². The van der Waals surface area contributed by atoms with E-state index in [4.69, 9.17) is 4.74 Å². The van der Waals surface area contributed by atoms with Crippen LogP contribution in [0.3, 0.4) is 0 Å². The Bertz CT molecular complexity index is 1100. The van der Waals surface area contributed by atoms with Crippen molar-refractivity contribution in [3.8, 4) is 0 Å². The highest BCUT2D eigenvalue weighted by molar-refractivity contribution is 6.05. The number of aliphatic hydroxyl groups is 1.